The quantitative estimate of drug-likeness (QED) is 0.890. The fourth-order valence-corrected chi connectivity index (χ4v) is 2.63. The van der Waals surface area contributed by atoms with Crippen LogP contribution < -0.4 is 5.73 Å². The molecule has 1 aromatic rings. The van der Waals surface area contributed by atoms with E-state index in [1.165, 1.54) is 25.2 Å². The maximum atomic E-state index is 12.8. The van der Waals surface area contributed by atoms with E-state index in [2.05, 4.69) is 18.7 Å². The lowest BCUT2D eigenvalue weighted by atomic mass is 10.0. The van der Waals surface area contributed by atoms with Crippen LogP contribution in [0.5, 0.6) is 0 Å². The van der Waals surface area contributed by atoms with E-state index >= 15 is 0 Å². The van der Waals surface area contributed by atoms with Gasteiger partial charge in [0.2, 0.25) is 0 Å². The molecule has 1 aromatic carbocycles. The number of nitrogens with zero attached hydrogens (tertiary/aromatic N) is 1. The van der Waals surface area contributed by atoms with Crippen molar-refractivity contribution in [1.29, 1.82) is 0 Å². The molecule has 100 valence electrons. The minimum atomic E-state index is -0.201. The van der Waals surface area contributed by atoms with Crippen LogP contribution in [0.3, 0.4) is 0 Å². The maximum Gasteiger partial charge on any atom is 0.123 e. The van der Waals surface area contributed by atoms with Crippen molar-refractivity contribution in [2.45, 2.75) is 26.3 Å². The van der Waals surface area contributed by atoms with Gasteiger partial charge in [-0.1, -0.05) is 26.0 Å². The van der Waals surface area contributed by atoms with Crippen LogP contribution in [0.4, 0.5) is 4.39 Å². The SMILES string of the molecule is CC1CN(CCC(N)c2ccc(F)cc2)CC1C. The third kappa shape index (κ3) is 3.30. The van der Waals surface area contributed by atoms with Crippen molar-refractivity contribution in [3.05, 3.63) is 35.6 Å². The maximum absolute atomic E-state index is 12.8. The number of likely N-dealkylation sites (tertiary alicyclic amines) is 1. The Bertz CT molecular complexity index is 367. The average Bonchev–Trinajstić information content (AvgIpc) is 2.67. The number of benzene rings is 1. The van der Waals surface area contributed by atoms with Gasteiger partial charge in [-0.2, -0.15) is 0 Å². The van der Waals surface area contributed by atoms with Gasteiger partial charge >= 0.3 is 0 Å². The molecule has 1 fully saturated rings. The van der Waals surface area contributed by atoms with Gasteiger partial charge in [-0.3, -0.25) is 0 Å². The summed E-state index contributed by atoms with van der Waals surface area (Å²) in [6.45, 7) is 8.01. The zero-order chi connectivity index (χ0) is 13.1. The van der Waals surface area contributed by atoms with Crippen LogP contribution in [0, 0.1) is 17.7 Å². The highest BCUT2D eigenvalue weighted by Crippen LogP contribution is 2.23. The van der Waals surface area contributed by atoms with Gasteiger partial charge in [0.05, 0.1) is 0 Å². The van der Waals surface area contributed by atoms with Crippen molar-refractivity contribution >= 4 is 0 Å². The van der Waals surface area contributed by atoms with E-state index in [1.54, 1.807) is 12.1 Å². The minimum Gasteiger partial charge on any atom is -0.324 e. The first-order valence-corrected chi connectivity index (χ1v) is 6.79. The van der Waals surface area contributed by atoms with E-state index in [-0.39, 0.29) is 11.9 Å². The molecule has 1 heterocycles. The molecule has 3 heteroatoms. The van der Waals surface area contributed by atoms with E-state index in [4.69, 9.17) is 5.73 Å². The molecule has 0 aliphatic carbocycles. The number of halogens is 1. The van der Waals surface area contributed by atoms with E-state index in [1.807, 2.05) is 0 Å². The van der Waals surface area contributed by atoms with Gasteiger partial charge in [0.1, 0.15) is 5.82 Å². The predicted octanol–water partition coefficient (Wildman–Crippen LogP) is 2.80. The Labute approximate surface area is 109 Å². The lowest BCUT2D eigenvalue weighted by molar-refractivity contribution is 0.309. The molecule has 2 nitrogen and oxygen atoms in total. The van der Waals surface area contributed by atoms with Crippen LogP contribution in [0.15, 0.2) is 24.3 Å². The first-order valence-electron chi connectivity index (χ1n) is 6.79. The number of hydrogen-bond acceptors (Lipinski definition) is 2. The molecular formula is C15H23FN2. The highest BCUT2D eigenvalue weighted by atomic mass is 19.1. The van der Waals surface area contributed by atoms with Crippen molar-refractivity contribution in [2.24, 2.45) is 17.6 Å². The largest absolute Gasteiger partial charge is 0.324 e. The first-order chi connectivity index (χ1) is 8.56. The molecule has 3 atom stereocenters. The molecule has 1 aliphatic heterocycles. The average molecular weight is 250 g/mol. The molecule has 0 radical (unpaired) electrons. The fourth-order valence-electron chi connectivity index (χ4n) is 2.63. The summed E-state index contributed by atoms with van der Waals surface area (Å²) in [5.41, 5.74) is 7.17. The topological polar surface area (TPSA) is 29.3 Å². The Balaban J connectivity index is 1.81. The molecule has 0 spiro atoms. The van der Waals surface area contributed by atoms with Crippen molar-refractivity contribution in [3.8, 4) is 0 Å². The Morgan fingerprint density at radius 3 is 2.33 bits per heavy atom. The van der Waals surface area contributed by atoms with Crippen LogP contribution >= 0.6 is 0 Å². The molecule has 1 aliphatic rings. The summed E-state index contributed by atoms with van der Waals surface area (Å²) in [6.07, 6.45) is 0.936. The van der Waals surface area contributed by atoms with Crippen LogP contribution in [0.2, 0.25) is 0 Å². The van der Waals surface area contributed by atoms with Crippen LogP contribution in [0.25, 0.3) is 0 Å². The molecule has 0 bridgehead atoms. The zero-order valence-electron chi connectivity index (χ0n) is 11.3. The van der Waals surface area contributed by atoms with Crippen LogP contribution in [-0.4, -0.2) is 24.5 Å². The van der Waals surface area contributed by atoms with Gasteiger partial charge in [0, 0.05) is 19.1 Å². The third-order valence-corrected chi connectivity index (χ3v) is 4.12. The third-order valence-electron chi connectivity index (χ3n) is 4.12. The van der Waals surface area contributed by atoms with Crippen LogP contribution in [-0.2, 0) is 0 Å². The normalized spacial score (nSPS) is 26.4. The van der Waals surface area contributed by atoms with Gasteiger partial charge in [0.25, 0.3) is 0 Å². The highest BCUT2D eigenvalue weighted by Gasteiger charge is 2.25. The van der Waals surface area contributed by atoms with Gasteiger partial charge in [0.15, 0.2) is 0 Å². The van der Waals surface area contributed by atoms with Gasteiger partial charge in [-0.25, -0.2) is 4.39 Å². The summed E-state index contributed by atoms with van der Waals surface area (Å²) >= 11 is 0. The molecule has 2 rings (SSSR count). The van der Waals surface area contributed by atoms with E-state index in [0.717, 1.165) is 30.4 Å². The van der Waals surface area contributed by atoms with Crippen LogP contribution in [0.1, 0.15) is 31.9 Å². The Hall–Kier alpha value is -0.930. The minimum absolute atomic E-state index is 0.0109. The molecule has 0 amide bonds. The molecule has 18 heavy (non-hydrogen) atoms. The number of rotatable bonds is 4. The molecule has 3 unspecified atom stereocenters. The van der Waals surface area contributed by atoms with E-state index in [9.17, 15) is 4.39 Å². The fraction of sp³-hybridized carbons (Fsp3) is 0.600. The van der Waals surface area contributed by atoms with E-state index in [0.29, 0.717) is 0 Å². The van der Waals surface area contributed by atoms with Crippen molar-refractivity contribution in [2.75, 3.05) is 19.6 Å². The summed E-state index contributed by atoms with van der Waals surface area (Å²) in [5.74, 6) is 1.37. The lowest BCUT2D eigenvalue weighted by Crippen LogP contribution is -2.25. The van der Waals surface area contributed by atoms with Crippen molar-refractivity contribution < 1.29 is 4.39 Å². The molecule has 0 saturated carbocycles. The standard InChI is InChI=1S/C15H23FN2/c1-11-9-18(10-12(11)2)8-7-15(17)13-3-5-14(16)6-4-13/h3-6,11-12,15H,7-10,17H2,1-2H3. The highest BCUT2D eigenvalue weighted by molar-refractivity contribution is 5.19. The summed E-state index contributed by atoms with van der Waals surface area (Å²) in [7, 11) is 0. The second kappa shape index (κ2) is 5.81. The Morgan fingerprint density at radius 2 is 1.78 bits per heavy atom. The Kier molecular flexibility index (Phi) is 4.36. The van der Waals surface area contributed by atoms with Gasteiger partial charge in [-0.05, 0) is 42.5 Å². The summed E-state index contributed by atoms with van der Waals surface area (Å²) in [6, 6.07) is 6.55. The zero-order valence-corrected chi connectivity index (χ0v) is 11.3. The number of hydrogen-bond donors (Lipinski definition) is 1. The summed E-state index contributed by atoms with van der Waals surface area (Å²) in [5, 5.41) is 0. The van der Waals surface area contributed by atoms with Gasteiger partial charge < -0.3 is 10.6 Å². The number of nitrogens with two attached hydrogens (primary N) is 1. The molecule has 2 N–H and O–H groups in total. The predicted molar refractivity (Wildman–Crippen MR) is 72.7 cm³/mol. The van der Waals surface area contributed by atoms with Crippen molar-refractivity contribution in [1.82, 2.24) is 4.90 Å². The first kappa shape index (κ1) is 13.5. The second-order valence-corrected chi connectivity index (χ2v) is 5.66. The lowest BCUT2D eigenvalue weighted by Gasteiger charge is -2.19. The molecule has 0 aromatic heterocycles. The monoisotopic (exact) mass is 250 g/mol. The smallest absolute Gasteiger partial charge is 0.123 e. The second-order valence-electron chi connectivity index (χ2n) is 5.66. The Morgan fingerprint density at radius 1 is 1.22 bits per heavy atom. The summed E-state index contributed by atoms with van der Waals surface area (Å²) < 4.78 is 12.8. The molecular weight excluding hydrogens is 227 g/mol. The van der Waals surface area contributed by atoms with E-state index < -0.39 is 0 Å². The van der Waals surface area contributed by atoms with Crippen molar-refractivity contribution in [3.63, 3.8) is 0 Å². The van der Waals surface area contributed by atoms with Gasteiger partial charge in [-0.15, -0.1) is 0 Å². The summed E-state index contributed by atoms with van der Waals surface area (Å²) in [4.78, 5) is 2.48. The molecule has 1 saturated heterocycles.